The second-order valence-electron chi connectivity index (χ2n) is 3.17. The molecule has 0 rings (SSSR count). The van der Waals surface area contributed by atoms with Crippen LogP contribution in [0.2, 0.25) is 0 Å². The smallest absolute Gasteiger partial charge is 0.0436 e. The van der Waals surface area contributed by atoms with E-state index >= 15 is 0 Å². The Hall–Kier alpha value is 0.210. The van der Waals surface area contributed by atoms with Crippen LogP contribution in [0.25, 0.3) is 0 Å². The highest BCUT2D eigenvalue weighted by atomic mass is 35.5. The lowest BCUT2D eigenvalue weighted by Gasteiger charge is -2.22. The van der Waals surface area contributed by atoms with Gasteiger partial charge in [0.05, 0.1) is 0 Å². The Morgan fingerprint density at radius 1 is 1.40 bits per heavy atom. The molecule has 3 heteroatoms. The molecule has 10 heavy (non-hydrogen) atoms. The standard InChI is InChI=1S/C7H17NO.ClH/c1-7(2,4-5-9)6-8-3;/h8-9H,4-6H2,1-3H3;1H. The van der Waals surface area contributed by atoms with Crippen molar-refractivity contribution < 1.29 is 5.11 Å². The van der Waals surface area contributed by atoms with Gasteiger partial charge in [0.2, 0.25) is 0 Å². The number of rotatable bonds is 4. The molecule has 0 amide bonds. The van der Waals surface area contributed by atoms with E-state index in [1.807, 2.05) is 7.05 Å². The Bertz CT molecular complexity index is 68.0. The number of aliphatic hydroxyl groups excluding tert-OH is 1. The summed E-state index contributed by atoms with van der Waals surface area (Å²) in [6, 6.07) is 0. The zero-order valence-electron chi connectivity index (χ0n) is 6.98. The van der Waals surface area contributed by atoms with Crippen LogP contribution in [-0.2, 0) is 0 Å². The third kappa shape index (κ3) is 6.33. The molecule has 0 spiro atoms. The molecule has 0 bridgehead atoms. The fourth-order valence-electron chi connectivity index (χ4n) is 0.870. The van der Waals surface area contributed by atoms with Crippen molar-refractivity contribution in [1.29, 1.82) is 0 Å². The van der Waals surface area contributed by atoms with Gasteiger partial charge in [0.1, 0.15) is 0 Å². The fraction of sp³-hybridized carbons (Fsp3) is 1.00. The monoisotopic (exact) mass is 167 g/mol. The number of nitrogens with one attached hydrogen (secondary N) is 1. The Labute approximate surface area is 69.4 Å². The molecule has 2 nitrogen and oxygen atoms in total. The van der Waals surface area contributed by atoms with Crippen molar-refractivity contribution in [2.75, 3.05) is 20.2 Å². The average molecular weight is 168 g/mol. The average Bonchev–Trinajstić information content (AvgIpc) is 1.64. The highest BCUT2D eigenvalue weighted by Crippen LogP contribution is 2.17. The first-order chi connectivity index (χ1) is 4.12. The van der Waals surface area contributed by atoms with Gasteiger partial charge >= 0.3 is 0 Å². The first-order valence-corrected chi connectivity index (χ1v) is 3.38. The Morgan fingerprint density at radius 2 is 1.90 bits per heavy atom. The minimum absolute atomic E-state index is 0. The lowest BCUT2D eigenvalue weighted by Crippen LogP contribution is -2.27. The van der Waals surface area contributed by atoms with Crippen LogP contribution in [0.15, 0.2) is 0 Å². The van der Waals surface area contributed by atoms with Crippen molar-refractivity contribution in [3.63, 3.8) is 0 Å². The summed E-state index contributed by atoms with van der Waals surface area (Å²) in [6.07, 6.45) is 0.869. The van der Waals surface area contributed by atoms with E-state index in [-0.39, 0.29) is 24.4 Å². The quantitative estimate of drug-likeness (QED) is 0.656. The maximum atomic E-state index is 8.60. The van der Waals surface area contributed by atoms with E-state index < -0.39 is 0 Å². The van der Waals surface area contributed by atoms with Gasteiger partial charge in [-0.3, -0.25) is 0 Å². The summed E-state index contributed by atoms with van der Waals surface area (Å²) in [5.41, 5.74) is 0.240. The minimum atomic E-state index is 0. The Balaban J connectivity index is 0. The Morgan fingerprint density at radius 3 is 2.20 bits per heavy atom. The van der Waals surface area contributed by atoms with Crippen LogP contribution in [-0.4, -0.2) is 25.3 Å². The number of halogens is 1. The van der Waals surface area contributed by atoms with Gasteiger partial charge in [0.25, 0.3) is 0 Å². The molecule has 64 valence electrons. The number of hydrogen-bond acceptors (Lipinski definition) is 2. The van der Waals surface area contributed by atoms with Gasteiger partial charge in [-0.25, -0.2) is 0 Å². The second-order valence-corrected chi connectivity index (χ2v) is 3.17. The number of aliphatic hydroxyl groups is 1. The maximum Gasteiger partial charge on any atom is 0.0436 e. The maximum absolute atomic E-state index is 8.60. The summed E-state index contributed by atoms with van der Waals surface area (Å²) in [6.45, 7) is 5.53. The SMILES string of the molecule is CNCC(C)(C)CCO.Cl. The molecule has 0 aromatic carbocycles. The van der Waals surface area contributed by atoms with E-state index in [9.17, 15) is 0 Å². The largest absolute Gasteiger partial charge is 0.396 e. The van der Waals surface area contributed by atoms with Crippen molar-refractivity contribution in [2.45, 2.75) is 20.3 Å². The molecule has 0 saturated heterocycles. The molecule has 0 unspecified atom stereocenters. The van der Waals surface area contributed by atoms with Crippen LogP contribution in [0.1, 0.15) is 20.3 Å². The zero-order valence-corrected chi connectivity index (χ0v) is 7.79. The third-order valence-corrected chi connectivity index (χ3v) is 1.44. The van der Waals surface area contributed by atoms with Gasteiger partial charge in [0, 0.05) is 13.2 Å². The molecular weight excluding hydrogens is 150 g/mol. The third-order valence-electron chi connectivity index (χ3n) is 1.44. The molecule has 0 aliphatic carbocycles. The van der Waals surface area contributed by atoms with E-state index in [1.54, 1.807) is 0 Å². The predicted octanol–water partition coefficient (Wildman–Crippen LogP) is 1.04. The highest BCUT2D eigenvalue weighted by Gasteiger charge is 2.14. The van der Waals surface area contributed by atoms with Crippen LogP contribution in [0.5, 0.6) is 0 Å². The van der Waals surface area contributed by atoms with Crippen LogP contribution >= 0.6 is 12.4 Å². The van der Waals surface area contributed by atoms with Crippen molar-refractivity contribution in [1.82, 2.24) is 5.32 Å². The summed E-state index contributed by atoms with van der Waals surface area (Å²) in [7, 11) is 1.93. The summed E-state index contributed by atoms with van der Waals surface area (Å²) in [5, 5.41) is 11.7. The van der Waals surface area contributed by atoms with Gasteiger partial charge in [0.15, 0.2) is 0 Å². The van der Waals surface area contributed by atoms with Crippen LogP contribution < -0.4 is 5.32 Å². The summed E-state index contributed by atoms with van der Waals surface area (Å²) in [5.74, 6) is 0. The van der Waals surface area contributed by atoms with Crippen LogP contribution in [0.4, 0.5) is 0 Å². The first-order valence-electron chi connectivity index (χ1n) is 3.38. The lowest BCUT2D eigenvalue weighted by molar-refractivity contribution is 0.210. The molecular formula is C7H18ClNO. The summed E-state index contributed by atoms with van der Waals surface area (Å²) >= 11 is 0. The molecule has 0 aliphatic heterocycles. The molecule has 0 aromatic heterocycles. The van der Waals surface area contributed by atoms with E-state index in [0.29, 0.717) is 0 Å². The van der Waals surface area contributed by atoms with Crippen molar-refractivity contribution in [2.24, 2.45) is 5.41 Å². The van der Waals surface area contributed by atoms with Crippen molar-refractivity contribution in [3.05, 3.63) is 0 Å². The van der Waals surface area contributed by atoms with Crippen molar-refractivity contribution >= 4 is 12.4 Å². The molecule has 0 heterocycles. The van der Waals surface area contributed by atoms with Crippen LogP contribution in [0, 0.1) is 5.41 Å². The lowest BCUT2D eigenvalue weighted by atomic mass is 9.90. The number of hydrogen-bond donors (Lipinski definition) is 2. The second kappa shape index (κ2) is 5.96. The molecule has 0 saturated carbocycles. The molecule has 0 atom stereocenters. The van der Waals surface area contributed by atoms with E-state index in [2.05, 4.69) is 19.2 Å². The summed E-state index contributed by atoms with van der Waals surface area (Å²) < 4.78 is 0. The highest BCUT2D eigenvalue weighted by molar-refractivity contribution is 5.85. The minimum Gasteiger partial charge on any atom is -0.396 e. The first kappa shape index (κ1) is 12.8. The van der Waals surface area contributed by atoms with Gasteiger partial charge in [-0.05, 0) is 18.9 Å². The predicted molar refractivity (Wildman–Crippen MR) is 46.7 cm³/mol. The zero-order chi connectivity index (χ0) is 7.33. The van der Waals surface area contributed by atoms with Gasteiger partial charge in [-0.1, -0.05) is 13.8 Å². The van der Waals surface area contributed by atoms with E-state index in [1.165, 1.54) is 0 Å². The van der Waals surface area contributed by atoms with Crippen molar-refractivity contribution in [3.8, 4) is 0 Å². The molecule has 2 N–H and O–H groups in total. The van der Waals surface area contributed by atoms with Gasteiger partial charge in [-0.2, -0.15) is 0 Å². The van der Waals surface area contributed by atoms with Gasteiger partial charge < -0.3 is 10.4 Å². The molecule has 0 aliphatic rings. The van der Waals surface area contributed by atoms with Crippen LogP contribution in [0.3, 0.4) is 0 Å². The topological polar surface area (TPSA) is 32.3 Å². The van der Waals surface area contributed by atoms with Gasteiger partial charge in [-0.15, -0.1) is 12.4 Å². The normalized spacial score (nSPS) is 10.8. The van der Waals surface area contributed by atoms with E-state index in [0.717, 1.165) is 13.0 Å². The molecule has 0 aromatic rings. The van der Waals surface area contributed by atoms with E-state index in [4.69, 9.17) is 5.11 Å². The summed E-state index contributed by atoms with van der Waals surface area (Å²) in [4.78, 5) is 0. The Kier molecular flexibility index (Phi) is 7.65. The molecule has 0 fully saturated rings. The fourth-order valence-corrected chi connectivity index (χ4v) is 0.870. The molecule has 0 radical (unpaired) electrons.